The Kier molecular flexibility index (Phi) is 7.62. The van der Waals surface area contributed by atoms with Crippen LogP contribution in [0.15, 0.2) is 90.3 Å². The summed E-state index contributed by atoms with van der Waals surface area (Å²) in [5.41, 5.74) is 1.81. The second-order valence-corrected chi connectivity index (χ2v) is 12.2. The normalized spacial score (nSPS) is 20.7. The van der Waals surface area contributed by atoms with Crippen molar-refractivity contribution in [3.05, 3.63) is 129 Å². The maximum Gasteiger partial charge on any atom is 0.327 e. The van der Waals surface area contributed by atoms with E-state index >= 15 is 0 Å². The maximum atomic E-state index is 14.2. The van der Waals surface area contributed by atoms with E-state index in [9.17, 15) is 28.3 Å². The molecular weight excluding hydrogens is 544 g/mol. The second-order valence-electron chi connectivity index (χ2n) is 11.3. The third-order valence-electron chi connectivity index (χ3n) is 7.67. The monoisotopic (exact) mass is 573 g/mol. The molecule has 0 spiro atoms. The number of nitrogens with zero attached hydrogens (tertiary/aromatic N) is 1. The number of halogens is 2. The van der Waals surface area contributed by atoms with E-state index in [0.29, 0.717) is 16.0 Å². The molecule has 5 nitrogen and oxygen atoms in total. The zero-order valence-corrected chi connectivity index (χ0v) is 23.6. The Hall–Kier alpha value is -4.17. The van der Waals surface area contributed by atoms with Gasteiger partial charge in [0, 0.05) is 11.5 Å². The molecule has 1 fully saturated rings. The molecule has 1 aromatic heterocycles. The minimum absolute atomic E-state index is 0.0468. The SMILES string of the molecule is CC(C)(C)c1ccc(C2C(C(=O)c3cccs3)C(c3ccc(F)cc3)N(C(=O)c3cccc(F)c3)C2C(=O)O)cc1. The van der Waals surface area contributed by atoms with E-state index in [1.54, 1.807) is 17.5 Å². The van der Waals surface area contributed by atoms with Gasteiger partial charge in [-0.15, -0.1) is 11.3 Å². The molecule has 4 unspecified atom stereocenters. The van der Waals surface area contributed by atoms with Crippen molar-refractivity contribution in [1.29, 1.82) is 0 Å². The number of carbonyl (C=O) groups excluding carboxylic acids is 2. The van der Waals surface area contributed by atoms with Gasteiger partial charge in [0.15, 0.2) is 5.78 Å². The van der Waals surface area contributed by atoms with Crippen LogP contribution < -0.4 is 0 Å². The first kappa shape index (κ1) is 28.4. The number of likely N-dealkylation sites (tertiary alicyclic amines) is 1. The first-order valence-electron chi connectivity index (χ1n) is 13.2. The number of Topliss-reactive ketones (excluding diaryl/α,β-unsaturated/α-hetero) is 1. The highest BCUT2D eigenvalue weighted by Gasteiger charge is 2.57. The lowest BCUT2D eigenvalue weighted by molar-refractivity contribution is -0.142. The summed E-state index contributed by atoms with van der Waals surface area (Å²) < 4.78 is 28.2. The number of hydrogen-bond acceptors (Lipinski definition) is 4. The van der Waals surface area contributed by atoms with Gasteiger partial charge in [0.1, 0.15) is 17.7 Å². The quantitative estimate of drug-likeness (QED) is 0.247. The molecule has 0 bridgehead atoms. The molecule has 1 N–H and O–H groups in total. The van der Waals surface area contributed by atoms with E-state index in [1.165, 1.54) is 58.7 Å². The fraction of sp³-hybridized carbons (Fsp3) is 0.242. The van der Waals surface area contributed by atoms with Crippen molar-refractivity contribution in [2.45, 2.75) is 44.2 Å². The highest BCUT2D eigenvalue weighted by Crippen LogP contribution is 2.52. The Bertz CT molecular complexity index is 1580. The average molecular weight is 574 g/mol. The lowest BCUT2D eigenvalue weighted by Gasteiger charge is -2.30. The summed E-state index contributed by atoms with van der Waals surface area (Å²) in [5, 5.41) is 12.4. The number of benzene rings is 3. The third-order valence-corrected chi connectivity index (χ3v) is 8.55. The molecular formula is C33H29F2NO4S. The van der Waals surface area contributed by atoms with Crippen LogP contribution in [0.1, 0.15) is 69.5 Å². The van der Waals surface area contributed by atoms with E-state index in [-0.39, 0.29) is 16.8 Å². The number of carbonyl (C=O) groups is 3. The van der Waals surface area contributed by atoms with Crippen LogP contribution in [-0.2, 0) is 10.2 Å². The highest BCUT2D eigenvalue weighted by atomic mass is 32.1. The van der Waals surface area contributed by atoms with Gasteiger partial charge < -0.3 is 10.0 Å². The van der Waals surface area contributed by atoms with Crippen LogP contribution in [0.2, 0.25) is 0 Å². The number of carboxylic acids is 1. The molecule has 8 heteroatoms. The standard InChI is InChI=1S/C33H29F2NO4S/c1-33(2,3)22-13-9-19(10-14-22)26-27(30(37)25-8-5-17-41-25)28(20-11-15-23(34)16-12-20)36(29(26)32(39)40)31(38)21-6-4-7-24(35)18-21/h4-18,26-29H,1-3H3,(H,39,40). The molecule has 0 aliphatic carbocycles. The summed E-state index contributed by atoms with van der Waals surface area (Å²) in [6, 6.07) is 18.7. The molecule has 3 aromatic carbocycles. The molecule has 41 heavy (non-hydrogen) atoms. The zero-order valence-electron chi connectivity index (χ0n) is 22.8. The molecule has 1 saturated heterocycles. The predicted octanol–water partition coefficient (Wildman–Crippen LogP) is 7.26. The first-order valence-corrected chi connectivity index (χ1v) is 14.1. The molecule has 1 aliphatic heterocycles. The van der Waals surface area contributed by atoms with E-state index in [2.05, 4.69) is 20.8 Å². The van der Waals surface area contributed by atoms with Gasteiger partial charge in [-0.25, -0.2) is 13.6 Å². The molecule has 210 valence electrons. The van der Waals surface area contributed by atoms with Crippen molar-refractivity contribution in [3.8, 4) is 0 Å². The molecule has 0 saturated carbocycles. The Labute approximate surface area is 241 Å². The van der Waals surface area contributed by atoms with Crippen molar-refractivity contribution in [2.75, 3.05) is 0 Å². The summed E-state index contributed by atoms with van der Waals surface area (Å²) >= 11 is 1.23. The zero-order chi connectivity index (χ0) is 29.5. The number of thiophene rings is 1. The molecule has 1 aliphatic rings. The predicted molar refractivity (Wildman–Crippen MR) is 153 cm³/mol. The van der Waals surface area contributed by atoms with Crippen LogP contribution >= 0.6 is 11.3 Å². The van der Waals surface area contributed by atoms with Crippen LogP contribution in [0.4, 0.5) is 8.78 Å². The van der Waals surface area contributed by atoms with Crippen molar-refractivity contribution >= 4 is 29.0 Å². The third kappa shape index (κ3) is 5.44. The summed E-state index contributed by atoms with van der Waals surface area (Å²) in [6.07, 6.45) is 0. The van der Waals surface area contributed by atoms with Gasteiger partial charge in [-0.05, 0) is 63.9 Å². The van der Waals surface area contributed by atoms with Gasteiger partial charge >= 0.3 is 5.97 Å². The van der Waals surface area contributed by atoms with Crippen LogP contribution in [0.25, 0.3) is 0 Å². The molecule has 4 atom stereocenters. The van der Waals surface area contributed by atoms with Crippen molar-refractivity contribution in [2.24, 2.45) is 5.92 Å². The molecule has 2 heterocycles. The van der Waals surface area contributed by atoms with Gasteiger partial charge in [0.05, 0.1) is 16.8 Å². The second kappa shape index (κ2) is 11.0. The Morgan fingerprint density at radius 2 is 1.49 bits per heavy atom. The van der Waals surface area contributed by atoms with Crippen molar-refractivity contribution < 1.29 is 28.3 Å². The van der Waals surface area contributed by atoms with Crippen LogP contribution in [0, 0.1) is 17.6 Å². The van der Waals surface area contributed by atoms with Gasteiger partial charge in [-0.3, -0.25) is 9.59 Å². The number of ketones is 1. The summed E-state index contributed by atoms with van der Waals surface area (Å²) in [7, 11) is 0. The van der Waals surface area contributed by atoms with Crippen LogP contribution in [-0.4, -0.2) is 33.7 Å². The molecule has 5 rings (SSSR count). The van der Waals surface area contributed by atoms with Gasteiger partial charge in [-0.1, -0.05) is 69.3 Å². The average Bonchev–Trinajstić information content (AvgIpc) is 3.59. The van der Waals surface area contributed by atoms with E-state index in [4.69, 9.17) is 0 Å². The van der Waals surface area contributed by atoms with E-state index in [1.807, 2.05) is 24.3 Å². The first-order chi connectivity index (χ1) is 19.5. The molecule has 1 amide bonds. The fourth-order valence-corrected chi connectivity index (χ4v) is 6.43. The number of carboxylic acid groups (broad SMARTS) is 1. The topological polar surface area (TPSA) is 74.7 Å². The van der Waals surface area contributed by atoms with Crippen molar-refractivity contribution in [3.63, 3.8) is 0 Å². The Morgan fingerprint density at radius 3 is 2.05 bits per heavy atom. The largest absolute Gasteiger partial charge is 0.480 e. The number of rotatable bonds is 6. The van der Waals surface area contributed by atoms with E-state index in [0.717, 1.165) is 11.6 Å². The summed E-state index contributed by atoms with van der Waals surface area (Å²) in [4.78, 5) is 43.0. The van der Waals surface area contributed by atoms with Gasteiger partial charge in [0.25, 0.3) is 5.91 Å². The Morgan fingerprint density at radius 1 is 0.829 bits per heavy atom. The highest BCUT2D eigenvalue weighted by molar-refractivity contribution is 7.12. The minimum atomic E-state index is -1.46. The summed E-state index contributed by atoms with van der Waals surface area (Å²) in [5.74, 6) is -5.47. The maximum absolute atomic E-state index is 14.2. The van der Waals surface area contributed by atoms with Crippen molar-refractivity contribution in [1.82, 2.24) is 4.90 Å². The van der Waals surface area contributed by atoms with Crippen LogP contribution in [0.3, 0.4) is 0 Å². The smallest absolute Gasteiger partial charge is 0.327 e. The molecule has 0 radical (unpaired) electrons. The fourth-order valence-electron chi connectivity index (χ4n) is 5.72. The lowest BCUT2D eigenvalue weighted by Crippen LogP contribution is -2.43. The molecule has 4 aromatic rings. The minimum Gasteiger partial charge on any atom is -0.480 e. The Balaban J connectivity index is 1.76. The van der Waals surface area contributed by atoms with Gasteiger partial charge in [0.2, 0.25) is 0 Å². The number of amides is 1. The number of aliphatic carboxylic acids is 1. The number of hydrogen-bond donors (Lipinski definition) is 1. The lowest BCUT2D eigenvalue weighted by atomic mass is 9.76. The summed E-state index contributed by atoms with van der Waals surface area (Å²) in [6.45, 7) is 6.18. The van der Waals surface area contributed by atoms with E-state index < -0.39 is 47.4 Å². The van der Waals surface area contributed by atoms with Gasteiger partial charge in [-0.2, -0.15) is 0 Å². The van der Waals surface area contributed by atoms with Crippen LogP contribution in [0.5, 0.6) is 0 Å².